The molecule has 6 nitrogen and oxygen atoms in total. The van der Waals surface area contributed by atoms with Crippen LogP contribution in [0, 0.1) is 0 Å². The first-order valence-electron chi connectivity index (χ1n) is 11.4. The fraction of sp³-hybridized carbons (Fsp3) is 0.385. The van der Waals surface area contributed by atoms with Crippen LogP contribution in [0.4, 0.5) is 0 Å². The average Bonchev–Trinajstić information content (AvgIpc) is 3.25. The van der Waals surface area contributed by atoms with Crippen LogP contribution >= 0.6 is 0 Å². The van der Waals surface area contributed by atoms with Gasteiger partial charge >= 0.3 is 0 Å². The van der Waals surface area contributed by atoms with Crippen LogP contribution in [0.5, 0.6) is 11.5 Å². The Morgan fingerprint density at radius 1 is 1.09 bits per heavy atom. The second-order valence-corrected chi connectivity index (χ2v) is 8.33. The lowest BCUT2D eigenvalue weighted by molar-refractivity contribution is -0.137. The SMILES string of the molecule is CC[C@@H](C(=O)NC1CCCC1)N(CCO)C(=O)C1=Cc2ccccc2Oc2ccccc21. The normalized spacial score (nSPS) is 16.1. The molecule has 0 bridgehead atoms. The lowest BCUT2D eigenvalue weighted by Crippen LogP contribution is -2.52. The summed E-state index contributed by atoms with van der Waals surface area (Å²) in [6.45, 7) is 1.75. The van der Waals surface area contributed by atoms with E-state index in [1.54, 1.807) is 0 Å². The number of nitrogens with zero attached hydrogens (tertiary/aromatic N) is 1. The molecular weight excluding hydrogens is 404 g/mol. The molecule has 2 N–H and O–H groups in total. The molecule has 4 rings (SSSR count). The number of hydrogen-bond donors (Lipinski definition) is 2. The predicted octanol–water partition coefficient (Wildman–Crippen LogP) is 3.99. The van der Waals surface area contributed by atoms with Crippen LogP contribution in [0.25, 0.3) is 11.6 Å². The number of aliphatic hydroxyl groups excluding tert-OH is 1. The van der Waals surface area contributed by atoms with E-state index in [0.29, 0.717) is 29.1 Å². The van der Waals surface area contributed by atoms with E-state index in [-0.39, 0.29) is 31.0 Å². The van der Waals surface area contributed by atoms with Gasteiger partial charge in [-0.1, -0.05) is 56.2 Å². The smallest absolute Gasteiger partial charge is 0.255 e. The minimum absolute atomic E-state index is 0.0808. The maximum absolute atomic E-state index is 13.9. The molecule has 2 aromatic rings. The summed E-state index contributed by atoms with van der Waals surface area (Å²) in [7, 11) is 0. The number of carbonyl (C=O) groups excluding carboxylic acids is 2. The van der Waals surface area contributed by atoms with Crippen molar-refractivity contribution in [3.05, 3.63) is 59.7 Å². The fourth-order valence-electron chi connectivity index (χ4n) is 4.58. The first-order chi connectivity index (χ1) is 15.6. The second kappa shape index (κ2) is 10.0. The van der Waals surface area contributed by atoms with Crippen LogP contribution in [0.2, 0.25) is 0 Å². The van der Waals surface area contributed by atoms with Crippen molar-refractivity contribution < 1.29 is 19.4 Å². The Labute approximate surface area is 188 Å². The van der Waals surface area contributed by atoms with Gasteiger partial charge in [-0.3, -0.25) is 9.59 Å². The fourth-order valence-corrected chi connectivity index (χ4v) is 4.58. The third kappa shape index (κ3) is 4.55. The number of fused-ring (bicyclic) bond motifs is 2. The highest BCUT2D eigenvalue weighted by Crippen LogP contribution is 2.38. The summed E-state index contributed by atoms with van der Waals surface area (Å²) in [5.41, 5.74) is 1.91. The molecule has 2 amide bonds. The van der Waals surface area contributed by atoms with E-state index in [1.165, 1.54) is 4.90 Å². The number of benzene rings is 2. The quantitative estimate of drug-likeness (QED) is 0.691. The van der Waals surface area contributed by atoms with Gasteiger partial charge in [0.2, 0.25) is 5.91 Å². The number of amides is 2. The van der Waals surface area contributed by atoms with Gasteiger partial charge in [-0.15, -0.1) is 0 Å². The van der Waals surface area contributed by atoms with Crippen molar-refractivity contribution in [1.82, 2.24) is 10.2 Å². The predicted molar refractivity (Wildman–Crippen MR) is 124 cm³/mol. The molecule has 0 saturated heterocycles. The lowest BCUT2D eigenvalue weighted by atomic mass is 9.99. The molecule has 1 saturated carbocycles. The summed E-state index contributed by atoms with van der Waals surface area (Å²) in [5, 5.41) is 12.8. The van der Waals surface area contributed by atoms with Crippen molar-refractivity contribution >= 4 is 23.5 Å². The Kier molecular flexibility index (Phi) is 6.90. The van der Waals surface area contributed by atoms with E-state index in [2.05, 4.69) is 5.32 Å². The number of carbonyl (C=O) groups is 2. The summed E-state index contributed by atoms with van der Waals surface area (Å²) in [5.74, 6) is 0.813. The number of hydrogen-bond acceptors (Lipinski definition) is 4. The zero-order valence-electron chi connectivity index (χ0n) is 18.4. The van der Waals surface area contributed by atoms with E-state index in [1.807, 2.05) is 61.5 Å². The minimum Gasteiger partial charge on any atom is -0.456 e. The monoisotopic (exact) mass is 434 g/mol. The van der Waals surface area contributed by atoms with Gasteiger partial charge in [0.15, 0.2) is 0 Å². The lowest BCUT2D eigenvalue weighted by Gasteiger charge is -2.31. The van der Waals surface area contributed by atoms with Crippen LogP contribution in [0.15, 0.2) is 48.5 Å². The number of aliphatic hydroxyl groups is 1. The van der Waals surface area contributed by atoms with Gasteiger partial charge in [-0.05, 0) is 37.5 Å². The number of ether oxygens (including phenoxy) is 1. The van der Waals surface area contributed by atoms with Crippen molar-refractivity contribution in [3.63, 3.8) is 0 Å². The zero-order valence-corrected chi connectivity index (χ0v) is 18.4. The Hall–Kier alpha value is -3.12. The molecule has 0 radical (unpaired) electrons. The summed E-state index contributed by atoms with van der Waals surface area (Å²) in [6, 6.07) is 14.5. The van der Waals surface area contributed by atoms with E-state index < -0.39 is 6.04 Å². The standard InChI is InChI=1S/C26H30N2O4/c1-2-22(25(30)27-19-10-4-5-11-19)28(15-16-29)26(31)21-17-18-9-3-7-13-23(18)32-24-14-8-6-12-20(21)24/h3,6-9,12-14,17,19,22,29H,2,4-5,10-11,15-16H2,1H3,(H,27,30)/t22-/m0/s1. The van der Waals surface area contributed by atoms with E-state index in [4.69, 9.17) is 4.74 Å². The Morgan fingerprint density at radius 2 is 1.78 bits per heavy atom. The largest absolute Gasteiger partial charge is 0.456 e. The third-order valence-electron chi connectivity index (χ3n) is 6.22. The van der Waals surface area contributed by atoms with Gasteiger partial charge in [0.05, 0.1) is 12.2 Å². The van der Waals surface area contributed by atoms with E-state index in [9.17, 15) is 14.7 Å². The van der Waals surface area contributed by atoms with Crippen LogP contribution in [-0.2, 0) is 9.59 Å². The van der Waals surface area contributed by atoms with Gasteiger partial charge in [-0.25, -0.2) is 0 Å². The average molecular weight is 435 g/mol. The summed E-state index contributed by atoms with van der Waals surface area (Å²) in [4.78, 5) is 28.5. The molecule has 1 aliphatic carbocycles. The van der Waals surface area contributed by atoms with Crippen molar-refractivity contribution in [2.75, 3.05) is 13.2 Å². The highest BCUT2D eigenvalue weighted by atomic mass is 16.5. The molecule has 1 atom stereocenters. The molecule has 0 unspecified atom stereocenters. The van der Waals surface area contributed by atoms with Crippen LogP contribution in [-0.4, -0.2) is 47.1 Å². The van der Waals surface area contributed by atoms with Gasteiger partial charge < -0.3 is 20.1 Å². The zero-order chi connectivity index (χ0) is 22.5. The molecule has 0 spiro atoms. The maximum Gasteiger partial charge on any atom is 0.255 e. The molecule has 168 valence electrons. The van der Waals surface area contributed by atoms with Crippen LogP contribution in [0.1, 0.15) is 50.2 Å². The van der Waals surface area contributed by atoms with E-state index in [0.717, 1.165) is 31.2 Å². The second-order valence-electron chi connectivity index (χ2n) is 8.33. The van der Waals surface area contributed by atoms with Gasteiger partial charge in [-0.2, -0.15) is 0 Å². The molecule has 1 heterocycles. The molecule has 1 fully saturated rings. The molecule has 6 heteroatoms. The highest BCUT2D eigenvalue weighted by Gasteiger charge is 2.33. The molecule has 2 aliphatic rings. The van der Waals surface area contributed by atoms with Gasteiger partial charge in [0.25, 0.3) is 5.91 Å². The summed E-state index contributed by atoms with van der Waals surface area (Å²) >= 11 is 0. The highest BCUT2D eigenvalue weighted by molar-refractivity contribution is 6.25. The molecule has 1 aliphatic heterocycles. The van der Waals surface area contributed by atoms with E-state index >= 15 is 0 Å². The Bertz CT molecular complexity index is 1010. The molecule has 32 heavy (non-hydrogen) atoms. The van der Waals surface area contributed by atoms with Gasteiger partial charge in [0.1, 0.15) is 17.5 Å². The minimum atomic E-state index is -0.650. The molecule has 2 aromatic carbocycles. The molecular formula is C26H30N2O4. The first-order valence-corrected chi connectivity index (χ1v) is 11.4. The van der Waals surface area contributed by atoms with Crippen LogP contribution in [0.3, 0.4) is 0 Å². The van der Waals surface area contributed by atoms with Crippen molar-refractivity contribution in [3.8, 4) is 11.5 Å². The van der Waals surface area contributed by atoms with Crippen molar-refractivity contribution in [2.45, 2.75) is 51.1 Å². The van der Waals surface area contributed by atoms with Gasteiger partial charge in [0, 0.05) is 23.7 Å². The number of para-hydroxylation sites is 2. The third-order valence-corrected chi connectivity index (χ3v) is 6.22. The summed E-state index contributed by atoms with van der Waals surface area (Å²) < 4.78 is 6.09. The number of rotatable bonds is 7. The number of nitrogens with one attached hydrogen (secondary N) is 1. The van der Waals surface area contributed by atoms with Crippen LogP contribution < -0.4 is 10.1 Å². The first kappa shape index (κ1) is 22.1. The Morgan fingerprint density at radius 3 is 2.50 bits per heavy atom. The Balaban J connectivity index is 1.70. The molecule has 0 aromatic heterocycles. The topological polar surface area (TPSA) is 78.9 Å². The van der Waals surface area contributed by atoms with Crippen molar-refractivity contribution in [1.29, 1.82) is 0 Å². The maximum atomic E-state index is 13.9. The van der Waals surface area contributed by atoms with Crippen molar-refractivity contribution in [2.24, 2.45) is 0 Å². The summed E-state index contributed by atoms with van der Waals surface area (Å²) in [6.07, 6.45) is 6.46.